The molecule has 1 fully saturated rings. The lowest BCUT2D eigenvalue weighted by molar-refractivity contribution is -0.148. The first-order chi connectivity index (χ1) is 15.2. The number of unbranched alkanes of at least 4 members (excludes halogenated alkanes) is 3. The summed E-state index contributed by atoms with van der Waals surface area (Å²) < 4.78 is 28.0. The Hall–Kier alpha value is -2.28. The molecule has 0 radical (unpaired) electrons. The highest BCUT2D eigenvalue weighted by atomic mass is 19.3. The zero-order chi connectivity index (χ0) is 23.6. The Balaban J connectivity index is 1.81. The molecular weight excluding hydrogens is 416 g/mol. The highest BCUT2D eigenvalue weighted by Gasteiger charge is 2.52. The molecule has 2 N–H and O–H groups in total. The van der Waals surface area contributed by atoms with Crippen LogP contribution in [0.3, 0.4) is 0 Å². The average Bonchev–Trinajstić information content (AvgIpc) is 2.97. The SMILES string of the molecule is C[C@@H](CCCc1ccccc1)[C@H](O)C=C[C@H]1CC(F)(F)C(=O)N1CCCCCCC(=O)O. The van der Waals surface area contributed by atoms with Gasteiger partial charge in [0.2, 0.25) is 0 Å². The van der Waals surface area contributed by atoms with Gasteiger partial charge in [-0.2, -0.15) is 8.78 Å². The van der Waals surface area contributed by atoms with E-state index in [0.29, 0.717) is 25.7 Å². The van der Waals surface area contributed by atoms with E-state index in [0.717, 1.165) is 19.3 Å². The lowest BCUT2D eigenvalue weighted by atomic mass is 9.95. The van der Waals surface area contributed by atoms with Crippen molar-refractivity contribution in [3.05, 3.63) is 48.0 Å². The number of likely N-dealkylation sites (tertiary alicyclic amines) is 1. The Kier molecular flexibility index (Phi) is 10.3. The Bertz CT molecular complexity index is 754. The van der Waals surface area contributed by atoms with Crippen molar-refractivity contribution < 1.29 is 28.6 Å². The molecule has 1 amide bonds. The molecule has 0 unspecified atom stereocenters. The monoisotopic (exact) mass is 451 g/mol. The summed E-state index contributed by atoms with van der Waals surface area (Å²) in [6.45, 7) is 2.14. The summed E-state index contributed by atoms with van der Waals surface area (Å²) in [6.07, 6.45) is 6.95. The number of hydrogen-bond donors (Lipinski definition) is 2. The Labute approximate surface area is 189 Å². The predicted octanol–water partition coefficient (Wildman–Crippen LogP) is 4.83. The minimum absolute atomic E-state index is 0.0183. The van der Waals surface area contributed by atoms with Gasteiger partial charge in [0, 0.05) is 19.4 Å². The van der Waals surface area contributed by atoms with Crippen LogP contribution in [-0.4, -0.2) is 51.6 Å². The highest BCUT2D eigenvalue weighted by Crippen LogP contribution is 2.34. The molecule has 1 aliphatic rings. The summed E-state index contributed by atoms with van der Waals surface area (Å²) in [5.74, 6) is -5.42. The molecule has 3 atom stereocenters. The molecule has 0 saturated carbocycles. The van der Waals surface area contributed by atoms with Gasteiger partial charge in [-0.3, -0.25) is 9.59 Å². The molecule has 1 aromatic rings. The zero-order valence-corrected chi connectivity index (χ0v) is 18.8. The van der Waals surface area contributed by atoms with Gasteiger partial charge < -0.3 is 15.1 Å². The third kappa shape index (κ3) is 8.34. The van der Waals surface area contributed by atoms with Crippen molar-refractivity contribution in [1.82, 2.24) is 4.90 Å². The summed E-state index contributed by atoms with van der Waals surface area (Å²) >= 11 is 0. The lowest BCUT2D eigenvalue weighted by Gasteiger charge is -2.22. The summed E-state index contributed by atoms with van der Waals surface area (Å²) in [5.41, 5.74) is 1.25. The number of hydrogen-bond acceptors (Lipinski definition) is 3. The molecule has 0 aromatic heterocycles. The minimum Gasteiger partial charge on any atom is -0.481 e. The first-order valence-corrected chi connectivity index (χ1v) is 11.5. The third-order valence-electron chi connectivity index (χ3n) is 6.06. The number of aliphatic hydroxyl groups excluding tert-OH is 1. The summed E-state index contributed by atoms with van der Waals surface area (Å²) in [6, 6.07) is 9.37. The lowest BCUT2D eigenvalue weighted by Crippen LogP contribution is -2.36. The standard InChI is InChI=1S/C25H35F2NO4/c1-19(10-9-13-20-11-5-4-6-12-20)22(29)16-15-21-18-25(26,27)24(32)28(21)17-8-3-2-7-14-23(30)31/h4-6,11-12,15-16,19,21-22,29H,2-3,7-10,13-14,17-18H2,1H3,(H,30,31)/t19-,21-,22+/m0/s1. The van der Waals surface area contributed by atoms with Crippen LogP contribution in [0, 0.1) is 5.92 Å². The van der Waals surface area contributed by atoms with Crippen LogP contribution in [0.1, 0.15) is 63.9 Å². The molecule has 5 nitrogen and oxygen atoms in total. The molecule has 1 aliphatic heterocycles. The van der Waals surface area contributed by atoms with E-state index in [-0.39, 0.29) is 18.9 Å². The Morgan fingerprint density at radius 1 is 1.19 bits per heavy atom. The van der Waals surface area contributed by atoms with E-state index in [1.165, 1.54) is 10.5 Å². The van der Waals surface area contributed by atoms with Crippen LogP contribution in [0.5, 0.6) is 0 Å². The molecular formula is C25H35F2NO4. The number of carbonyl (C=O) groups excluding carboxylic acids is 1. The van der Waals surface area contributed by atoms with Crippen LogP contribution in [0.25, 0.3) is 0 Å². The van der Waals surface area contributed by atoms with Crippen LogP contribution in [-0.2, 0) is 16.0 Å². The number of aliphatic hydroxyl groups is 1. The van der Waals surface area contributed by atoms with E-state index in [4.69, 9.17) is 5.11 Å². The van der Waals surface area contributed by atoms with Gasteiger partial charge in [0.05, 0.1) is 12.1 Å². The fourth-order valence-electron chi connectivity index (χ4n) is 4.05. The summed E-state index contributed by atoms with van der Waals surface area (Å²) in [7, 11) is 0. The minimum atomic E-state index is -3.38. The summed E-state index contributed by atoms with van der Waals surface area (Å²) in [4.78, 5) is 23.8. The molecule has 7 heteroatoms. The number of carbonyl (C=O) groups is 2. The van der Waals surface area contributed by atoms with Crippen LogP contribution in [0.4, 0.5) is 8.78 Å². The topological polar surface area (TPSA) is 77.8 Å². The number of rotatable bonds is 14. The van der Waals surface area contributed by atoms with Gasteiger partial charge in [0.25, 0.3) is 5.91 Å². The fraction of sp³-hybridized carbons (Fsp3) is 0.600. The van der Waals surface area contributed by atoms with Crippen LogP contribution < -0.4 is 0 Å². The van der Waals surface area contributed by atoms with Crippen molar-refractivity contribution in [3.8, 4) is 0 Å². The predicted molar refractivity (Wildman–Crippen MR) is 119 cm³/mol. The number of nitrogens with zero attached hydrogens (tertiary/aromatic N) is 1. The maximum Gasteiger partial charge on any atom is 0.327 e. The van der Waals surface area contributed by atoms with Gasteiger partial charge in [0.1, 0.15) is 0 Å². The number of amides is 1. The second kappa shape index (κ2) is 12.7. The van der Waals surface area contributed by atoms with Gasteiger partial charge in [0.15, 0.2) is 0 Å². The molecule has 1 heterocycles. The second-order valence-corrected chi connectivity index (χ2v) is 8.76. The van der Waals surface area contributed by atoms with E-state index < -0.39 is 36.4 Å². The fourth-order valence-corrected chi connectivity index (χ4v) is 4.05. The number of carboxylic acids is 1. The number of aryl methyl sites for hydroxylation is 1. The van der Waals surface area contributed by atoms with Gasteiger partial charge in [-0.25, -0.2) is 0 Å². The van der Waals surface area contributed by atoms with E-state index >= 15 is 0 Å². The highest BCUT2D eigenvalue weighted by molar-refractivity contribution is 5.86. The van der Waals surface area contributed by atoms with Gasteiger partial charge in [-0.05, 0) is 43.6 Å². The van der Waals surface area contributed by atoms with Crippen molar-refractivity contribution in [3.63, 3.8) is 0 Å². The van der Waals surface area contributed by atoms with E-state index in [9.17, 15) is 23.5 Å². The average molecular weight is 452 g/mol. The number of carboxylic acid groups (broad SMARTS) is 1. The molecule has 1 saturated heterocycles. The second-order valence-electron chi connectivity index (χ2n) is 8.76. The molecule has 178 valence electrons. The molecule has 1 aromatic carbocycles. The largest absolute Gasteiger partial charge is 0.481 e. The van der Waals surface area contributed by atoms with E-state index in [1.807, 2.05) is 25.1 Å². The molecule has 0 aliphatic carbocycles. The maximum atomic E-state index is 14.0. The Morgan fingerprint density at radius 3 is 2.56 bits per heavy atom. The van der Waals surface area contributed by atoms with Crippen LogP contribution >= 0.6 is 0 Å². The molecule has 2 rings (SSSR count). The van der Waals surface area contributed by atoms with Crippen LogP contribution in [0.15, 0.2) is 42.5 Å². The quantitative estimate of drug-likeness (QED) is 0.314. The van der Waals surface area contributed by atoms with Crippen molar-refractivity contribution in [2.75, 3.05) is 6.54 Å². The van der Waals surface area contributed by atoms with Crippen LogP contribution in [0.2, 0.25) is 0 Å². The number of alkyl halides is 2. The number of benzene rings is 1. The van der Waals surface area contributed by atoms with Crippen molar-refractivity contribution in [2.24, 2.45) is 5.92 Å². The molecule has 0 spiro atoms. The van der Waals surface area contributed by atoms with E-state index in [1.54, 1.807) is 12.2 Å². The van der Waals surface area contributed by atoms with Crippen molar-refractivity contribution in [1.29, 1.82) is 0 Å². The van der Waals surface area contributed by atoms with Crippen molar-refractivity contribution in [2.45, 2.75) is 82.8 Å². The molecule has 32 heavy (non-hydrogen) atoms. The maximum absolute atomic E-state index is 14.0. The Morgan fingerprint density at radius 2 is 1.88 bits per heavy atom. The zero-order valence-electron chi connectivity index (χ0n) is 18.8. The van der Waals surface area contributed by atoms with Crippen molar-refractivity contribution >= 4 is 11.9 Å². The molecule has 0 bridgehead atoms. The van der Waals surface area contributed by atoms with Gasteiger partial charge >= 0.3 is 11.9 Å². The van der Waals surface area contributed by atoms with Gasteiger partial charge in [-0.15, -0.1) is 0 Å². The number of halogens is 2. The normalized spacial score (nSPS) is 20.1. The first-order valence-electron chi connectivity index (χ1n) is 11.5. The van der Waals surface area contributed by atoms with Gasteiger partial charge in [-0.1, -0.05) is 62.2 Å². The summed E-state index contributed by atoms with van der Waals surface area (Å²) in [5, 5.41) is 19.1. The number of aliphatic carboxylic acids is 1. The third-order valence-corrected chi connectivity index (χ3v) is 6.06. The van der Waals surface area contributed by atoms with E-state index in [2.05, 4.69) is 12.1 Å². The smallest absolute Gasteiger partial charge is 0.327 e. The first kappa shape index (κ1) is 26.0.